The number of rotatable bonds is 5. The smallest absolute Gasteiger partial charge is 0.316 e. The molecule has 8 heteroatoms. The van der Waals surface area contributed by atoms with Crippen molar-refractivity contribution in [2.75, 3.05) is 32.5 Å². The van der Waals surface area contributed by atoms with Crippen LogP contribution < -0.4 is 10.6 Å². The van der Waals surface area contributed by atoms with Gasteiger partial charge in [0, 0.05) is 27.2 Å². The van der Waals surface area contributed by atoms with Gasteiger partial charge in [-0.2, -0.15) is 0 Å². The first kappa shape index (κ1) is 13.6. The Kier molecular flexibility index (Phi) is 5.02. The van der Waals surface area contributed by atoms with E-state index in [-0.39, 0.29) is 11.4 Å². The molecular formula is C9H16ClN5O2. The van der Waals surface area contributed by atoms with Crippen molar-refractivity contribution < 1.29 is 9.21 Å². The van der Waals surface area contributed by atoms with Gasteiger partial charge in [0.05, 0.1) is 0 Å². The van der Waals surface area contributed by atoms with E-state index in [1.54, 1.807) is 21.0 Å². The number of carbonyl (C=O) groups excluding carboxylic acids is 1. The zero-order valence-corrected chi connectivity index (χ0v) is 10.8. The van der Waals surface area contributed by atoms with Gasteiger partial charge in [-0.25, -0.2) is 4.79 Å². The lowest BCUT2D eigenvalue weighted by atomic mass is 10.5. The van der Waals surface area contributed by atoms with Gasteiger partial charge in [0.15, 0.2) is 0 Å². The summed E-state index contributed by atoms with van der Waals surface area (Å²) in [7, 11) is 3.35. The molecule has 1 heterocycles. The van der Waals surface area contributed by atoms with Crippen molar-refractivity contribution in [1.29, 1.82) is 0 Å². The van der Waals surface area contributed by atoms with Crippen LogP contribution in [0.3, 0.4) is 0 Å². The number of alkyl halides is 1. The van der Waals surface area contributed by atoms with E-state index in [0.717, 1.165) is 0 Å². The number of hydrogen-bond donors (Lipinski definition) is 2. The third-order valence-corrected chi connectivity index (χ3v) is 2.05. The molecule has 1 atom stereocenters. The molecule has 96 valence electrons. The van der Waals surface area contributed by atoms with E-state index >= 15 is 0 Å². The maximum absolute atomic E-state index is 11.2. The lowest BCUT2D eigenvalue weighted by Gasteiger charge is -2.11. The van der Waals surface area contributed by atoms with Crippen molar-refractivity contribution in [1.82, 2.24) is 20.4 Å². The van der Waals surface area contributed by atoms with Crippen molar-refractivity contribution >= 4 is 23.6 Å². The van der Waals surface area contributed by atoms with Crippen LogP contribution in [0.4, 0.5) is 10.8 Å². The van der Waals surface area contributed by atoms with Crippen LogP contribution in [-0.2, 0) is 0 Å². The number of anilines is 1. The second kappa shape index (κ2) is 6.29. The fourth-order valence-electron chi connectivity index (χ4n) is 0.964. The van der Waals surface area contributed by atoms with Crippen LogP contribution >= 0.6 is 11.6 Å². The number of nitrogens with zero attached hydrogens (tertiary/aromatic N) is 3. The zero-order chi connectivity index (χ0) is 12.8. The van der Waals surface area contributed by atoms with Gasteiger partial charge >= 0.3 is 12.0 Å². The van der Waals surface area contributed by atoms with E-state index in [0.29, 0.717) is 25.0 Å². The summed E-state index contributed by atoms with van der Waals surface area (Å²) in [6, 6.07) is 0.152. The van der Waals surface area contributed by atoms with Crippen LogP contribution in [-0.4, -0.2) is 48.3 Å². The SMILES string of the molecule is CC(Cl)c1nnc(NCCNC(=O)N(C)C)o1. The summed E-state index contributed by atoms with van der Waals surface area (Å²) in [5.41, 5.74) is 0. The highest BCUT2D eigenvalue weighted by Gasteiger charge is 2.10. The fourth-order valence-corrected chi connectivity index (χ4v) is 1.05. The summed E-state index contributed by atoms with van der Waals surface area (Å²) < 4.78 is 5.21. The van der Waals surface area contributed by atoms with Crippen LogP contribution in [0.1, 0.15) is 18.2 Å². The third kappa shape index (κ3) is 4.48. The largest absolute Gasteiger partial charge is 0.407 e. The standard InChI is InChI=1S/C9H16ClN5O2/c1-6(10)7-13-14-8(17-7)11-4-5-12-9(16)15(2)3/h6H,4-5H2,1-3H3,(H,11,14)(H,12,16). The highest BCUT2D eigenvalue weighted by atomic mass is 35.5. The van der Waals surface area contributed by atoms with Crippen molar-refractivity contribution in [3.8, 4) is 0 Å². The first-order chi connectivity index (χ1) is 8.00. The topological polar surface area (TPSA) is 83.3 Å². The summed E-state index contributed by atoms with van der Waals surface area (Å²) in [5.74, 6) is 0.367. The molecule has 1 unspecified atom stereocenters. The minimum Gasteiger partial charge on any atom is -0.407 e. The highest BCUT2D eigenvalue weighted by Crippen LogP contribution is 2.18. The summed E-state index contributed by atoms with van der Waals surface area (Å²) in [6.07, 6.45) is 0. The van der Waals surface area contributed by atoms with Crippen molar-refractivity contribution in [3.63, 3.8) is 0 Å². The Morgan fingerprint density at radius 1 is 1.47 bits per heavy atom. The second-order valence-electron chi connectivity index (χ2n) is 3.61. The number of amides is 2. The van der Waals surface area contributed by atoms with Gasteiger partial charge in [0.25, 0.3) is 0 Å². The molecule has 0 aliphatic carbocycles. The number of aromatic nitrogens is 2. The molecule has 0 saturated carbocycles. The summed E-state index contributed by atoms with van der Waals surface area (Å²) >= 11 is 5.77. The molecule has 0 saturated heterocycles. The molecule has 1 aromatic rings. The molecule has 2 N–H and O–H groups in total. The lowest BCUT2D eigenvalue weighted by molar-refractivity contribution is 0.218. The quantitative estimate of drug-likeness (QED) is 0.612. The number of hydrogen-bond acceptors (Lipinski definition) is 5. The Labute approximate surface area is 105 Å². The molecule has 0 spiro atoms. The predicted octanol–water partition coefficient (Wildman–Crippen LogP) is 1.05. The normalized spacial score (nSPS) is 12.0. The van der Waals surface area contributed by atoms with Gasteiger partial charge in [0.1, 0.15) is 5.38 Å². The summed E-state index contributed by atoms with van der Waals surface area (Å²) in [5, 5.41) is 12.8. The average Bonchev–Trinajstić information content (AvgIpc) is 2.72. The summed E-state index contributed by atoms with van der Waals surface area (Å²) in [6.45, 7) is 2.71. The minimum absolute atomic E-state index is 0.146. The molecule has 17 heavy (non-hydrogen) atoms. The van der Waals surface area contributed by atoms with Crippen molar-refractivity contribution in [2.24, 2.45) is 0 Å². The van der Waals surface area contributed by atoms with E-state index in [2.05, 4.69) is 20.8 Å². The molecule has 1 rings (SSSR count). The molecule has 0 aliphatic heterocycles. The van der Waals surface area contributed by atoms with Gasteiger partial charge in [-0.05, 0) is 6.92 Å². The Hall–Kier alpha value is -1.50. The highest BCUT2D eigenvalue weighted by molar-refractivity contribution is 6.20. The van der Waals surface area contributed by atoms with Crippen molar-refractivity contribution in [2.45, 2.75) is 12.3 Å². The Bertz CT molecular complexity index is 366. The molecule has 0 radical (unpaired) electrons. The first-order valence-corrected chi connectivity index (χ1v) is 5.61. The van der Waals surface area contributed by atoms with Crippen LogP contribution in [0.15, 0.2) is 4.42 Å². The van der Waals surface area contributed by atoms with Crippen LogP contribution in [0.25, 0.3) is 0 Å². The molecular weight excluding hydrogens is 246 g/mol. The number of carbonyl (C=O) groups is 1. The number of nitrogens with one attached hydrogen (secondary N) is 2. The zero-order valence-electron chi connectivity index (χ0n) is 10.0. The molecule has 2 amide bonds. The van der Waals surface area contributed by atoms with Crippen LogP contribution in [0.2, 0.25) is 0 Å². The second-order valence-corrected chi connectivity index (χ2v) is 4.27. The molecule has 0 aliphatic rings. The van der Waals surface area contributed by atoms with E-state index in [1.165, 1.54) is 4.90 Å². The number of urea groups is 1. The van der Waals surface area contributed by atoms with E-state index < -0.39 is 0 Å². The van der Waals surface area contributed by atoms with Gasteiger partial charge in [-0.15, -0.1) is 16.7 Å². The Balaban J connectivity index is 2.24. The first-order valence-electron chi connectivity index (χ1n) is 5.17. The minimum atomic E-state index is -0.313. The molecule has 1 aromatic heterocycles. The van der Waals surface area contributed by atoms with Gasteiger partial charge in [-0.3, -0.25) is 0 Å². The Morgan fingerprint density at radius 3 is 2.71 bits per heavy atom. The fraction of sp³-hybridized carbons (Fsp3) is 0.667. The maximum atomic E-state index is 11.2. The maximum Gasteiger partial charge on any atom is 0.316 e. The monoisotopic (exact) mass is 261 g/mol. The van der Waals surface area contributed by atoms with Gasteiger partial charge in [0.2, 0.25) is 5.89 Å². The molecule has 0 aromatic carbocycles. The predicted molar refractivity (Wildman–Crippen MR) is 64.1 cm³/mol. The number of halogens is 1. The summed E-state index contributed by atoms with van der Waals surface area (Å²) in [4.78, 5) is 12.6. The van der Waals surface area contributed by atoms with Crippen molar-refractivity contribution in [3.05, 3.63) is 5.89 Å². The third-order valence-electron chi connectivity index (χ3n) is 1.86. The Morgan fingerprint density at radius 2 is 2.18 bits per heavy atom. The van der Waals surface area contributed by atoms with E-state index in [4.69, 9.17) is 16.0 Å². The van der Waals surface area contributed by atoms with Crippen LogP contribution in [0.5, 0.6) is 0 Å². The van der Waals surface area contributed by atoms with E-state index in [9.17, 15) is 4.79 Å². The molecule has 0 fully saturated rings. The molecule has 0 bridgehead atoms. The van der Waals surface area contributed by atoms with Gasteiger partial charge < -0.3 is 20.0 Å². The van der Waals surface area contributed by atoms with Crippen LogP contribution in [0, 0.1) is 0 Å². The molecule has 7 nitrogen and oxygen atoms in total. The van der Waals surface area contributed by atoms with Gasteiger partial charge in [-0.1, -0.05) is 5.10 Å². The lowest BCUT2D eigenvalue weighted by Crippen LogP contribution is -2.37. The van der Waals surface area contributed by atoms with E-state index in [1.807, 2.05) is 0 Å². The average molecular weight is 262 g/mol.